The van der Waals surface area contributed by atoms with Crippen LogP contribution in [-0.4, -0.2) is 73.6 Å². The zero-order chi connectivity index (χ0) is 31.5. The third-order valence-electron chi connectivity index (χ3n) is 7.71. The molecule has 1 saturated heterocycles. The minimum atomic E-state index is -1.26. The van der Waals surface area contributed by atoms with Crippen molar-refractivity contribution in [3.8, 4) is 17.2 Å². The number of amides is 1. The number of hydrogen-bond acceptors (Lipinski definition) is 9. The molecule has 1 aliphatic rings. The lowest BCUT2D eigenvalue weighted by Crippen LogP contribution is -2.46. The Morgan fingerprint density at radius 3 is 2.39 bits per heavy atom. The van der Waals surface area contributed by atoms with E-state index in [1.54, 1.807) is 0 Å². The van der Waals surface area contributed by atoms with Crippen molar-refractivity contribution in [2.24, 2.45) is 0 Å². The van der Waals surface area contributed by atoms with E-state index in [9.17, 15) is 23.5 Å². The standard InChI is InChI=1S/C32H32F2N4O6/c1-5-26(39)36-22-15-20(38-11-9-37(6-2)10-12-38)8-7-18(22)13-19-14-21-25(17-35-19)44-32(30(21)40)31(41)27-28(33)23(42-3)16-24(43-4)29(27)34/h5,7-8,14-17,40H,1,6,9-13H2,2-4H3,(H,36,39). The SMILES string of the molecule is C=CC(=O)Nc1cc(N2CCN(CC)CC2)ccc1Cc1cc2c(O)c(C(=O)c3c(F)c(OC)cc(OC)c3F)oc2cn1. The number of nitrogens with zero attached hydrogens (tertiary/aromatic N) is 3. The number of methoxy groups -OCH3 is 2. The van der Waals surface area contributed by atoms with Crippen LogP contribution in [0.4, 0.5) is 20.2 Å². The Morgan fingerprint density at radius 2 is 1.77 bits per heavy atom. The normalized spacial score (nSPS) is 13.6. The number of anilines is 2. The van der Waals surface area contributed by atoms with Gasteiger partial charge >= 0.3 is 0 Å². The molecule has 0 saturated carbocycles. The lowest BCUT2D eigenvalue weighted by Gasteiger charge is -2.35. The zero-order valence-corrected chi connectivity index (χ0v) is 24.6. The number of aromatic hydroxyl groups is 1. The number of pyridine rings is 1. The molecular weight excluding hydrogens is 574 g/mol. The highest BCUT2D eigenvalue weighted by atomic mass is 19.1. The van der Waals surface area contributed by atoms with Crippen LogP contribution in [0.1, 0.15) is 34.3 Å². The molecule has 0 spiro atoms. The van der Waals surface area contributed by atoms with E-state index < -0.39 is 46.0 Å². The summed E-state index contributed by atoms with van der Waals surface area (Å²) in [7, 11) is 2.32. The molecular formula is C32H32F2N4O6. The number of benzene rings is 2. The first kappa shape index (κ1) is 30.5. The molecule has 2 aromatic carbocycles. The van der Waals surface area contributed by atoms with Gasteiger partial charge in [-0.2, -0.15) is 0 Å². The highest BCUT2D eigenvalue weighted by molar-refractivity contribution is 6.12. The van der Waals surface area contributed by atoms with Crippen LogP contribution in [0.15, 0.2) is 53.6 Å². The van der Waals surface area contributed by atoms with Crippen LogP contribution >= 0.6 is 0 Å². The number of furan rings is 1. The molecule has 230 valence electrons. The number of likely N-dealkylation sites (N-methyl/N-ethyl adjacent to an activating group) is 1. The number of piperazine rings is 1. The second kappa shape index (κ2) is 12.7. The monoisotopic (exact) mass is 606 g/mol. The first-order valence-electron chi connectivity index (χ1n) is 14.0. The largest absolute Gasteiger partial charge is 0.504 e. The molecule has 0 radical (unpaired) electrons. The fourth-order valence-electron chi connectivity index (χ4n) is 5.21. The predicted molar refractivity (Wildman–Crippen MR) is 161 cm³/mol. The summed E-state index contributed by atoms with van der Waals surface area (Å²) in [5.41, 5.74) is 1.81. The van der Waals surface area contributed by atoms with Gasteiger partial charge in [0.05, 0.1) is 25.8 Å². The summed E-state index contributed by atoms with van der Waals surface area (Å²) < 4.78 is 45.3. The van der Waals surface area contributed by atoms with Crippen LogP contribution < -0.4 is 19.7 Å². The minimum absolute atomic E-state index is 0.0343. The molecule has 12 heteroatoms. The van der Waals surface area contributed by atoms with Gasteiger partial charge < -0.3 is 34.1 Å². The van der Waals surface area contributed by atoms with Crippen LogP contribution in [-0.2, 0) is 11.2 Å². The van der Waals surface area contributed by atoms with Crippen molar-refractivity contribution in [1.82, 2.24) is 9.88 Å². The molecule has 5 rings (SSSR count). The maximum absolute atomic E-state index is 15.0. The fraction of sp³-hybridized carbons (Fsp3) is 0.281. The zero-order valence-electron chi connectivity index (χ0n) is 24.6. The first-order chi connectivity index (χ1) is 21.2. The number of fused-ring (bicyclic) bond motifs is 1. The highest BCUT2D eigenvalue weighted by Gasteiger charge is 2.31. The number of carbonyl (C=O) groups excluding carboxylic acids is 2. The highest BCUT2D eigenvalue weighted by Crippen LogP contribution is 2.38. The number of ketones is 1. The van der Waals surface area contributed by atoms with E-state index in [1.165, 1.54) is 18.3 Å². The van der Waals surface area contributed by atoms with Crippen molar-refractivity contribution in [2.75, 3.05) is 57.2 Å². The van der Waals surface area contributed by atoms with Crippen molar-refractivity contribution in [3.63, 3.8) is 0 Å². The molecule has 2 aromatic heterocycles. The summed E-state index contributed by atoms with van der Waals surface area (Å²) in [5, 5.41) is 13.9. The molecule has 0 bridgehead atoms. The summed E-state index contributed by atoms with van der Waals surface area (Å²) in [4.78, 5) is 34.5. The minimum Gasteiger partial charge on any atom is -0.504 e. The average Bonchev–Trinajstić information content (AvgIpc) is 3.37. The molecule has 10 nitrogen and oxygen atoms in total. The number of nitrogens with one attached hydrogen (secondary N) is 1. The molecule has 0 aliphatic carbocycles. The second-order valence-corrected chi connectivity index (χ2v) is 10.2. The first-order valence-corrected chi connectivity index (χ1v) is 14.0. The number of ether oxygens (including phenoxy) is 2. The Kier molecular flexibility index (Phi) is 8.81. The van der Waals surface area contributed by atoms with E-state index in [0.717, 1.165) is 64.3 Å². The van der Waals surface area contributed by atoms with Gasteiger partial charge in [0.15, 0.2) is 34.5 Å². The number of rotatable bonds is 10. The maximum Gasteiger partial charge on any atom is 0.247 e. The maximum atomic E-state index is 15.0. The van der Waals surface area contributed by atoms with Gasteiger partial charge in [0.2, 0.25) is 17.5 Å². The van der Waals surface area contributed by atoms with Gasteiger partial charge in [0.1, 0.15) is 5.56 Å². The fourth-order valence-corrected chi connectivity index (χ4v) is 5.21. The quantitative estimate of drug-likeness (QED) is 0.192. The van der Waals surface area contributed by atoms with E-state index in [-0.39, 0.29) is 23.3 Å². The van der Waals surface area contributed by atoms with Gasteiger partial charge in [-0.3, -0.25) is 14.6 Å². The van der Waals surface area contributed by atoms with Crippen LogP contribution in [0.5, 0.6) is 17.2 Å². The van der Waals surface area contributed by atoms with Gasteiger partial charge in [-0.25, -0.2) is 8.78 Å². The molecule has 1 amide bonds. The Labute approximate surface area is 252 Å². The summed E-state index contributed by atoms with van der Waals surface area (Å²) in [5.74, 6) is -6.24. The topological polar surface area (TPSA) is 117 Å². The van der Waals surface area contributed by atoms with Gasteiger partial charge in [0.25, 0.3) is 0 Å². The van der Waals surface area contributed by atoms with E-state index in [2.05, 4.69) is 33.6 Å². The Balaban J connectivity index is 1.47. The van der Waals surface area contributed by atoms with Crippen molar-refractivity contribution >= 4 is 34.0 Å². The molecule has 3 heterocycles. The molecule has 1 aliphatic heterocycles. The predicted octanol–water partition coefficient (Wildman–Crippen LogP) is 4.92. The second-order valence-electron chi connectivity index (χ2n) is 10.2. The number of hydrogen-bond donors (Lipinski definition) is 2. The lowest BCUT2D eigenvalue weighted by atomic mass is 10.0. The summed E-state index contributed by atoms with van der Waals surface area (Å²) in [6.07, 6.45) is 2.74. The van der Waals surface area contributed by atoms with Crippen molar-refractivity contribution < 1.29 is 37.4 Å². The molecule has 0 unspecified atom stereocenters. The summed E-state index contributed by atoms with van der Waals surface area (Å²) >= 11 is 0. The third-order valence-corrected chi connectivity index (χ3v) is 7.71. The Bertz CT molecular complexity index is 1720. The summed E-state index contributed by atoms with van der Waals surface area (Å²) in [6, 6.07) is 8.28. The van der Waals surface area contributed by atoms with E-state index in [1.807, 2.05) is 18.2 Å². The van der Waals surface area contributed by atoms with Crippen LogP contribution in [0.2, 0.25) is 0 Å². The number of carbonyl (C=O) groups is 2. The van der Waals surface area contributed by atoms with E-state index in [4.69, 9.17) is 13.9 Å². The average molecular weight is 607 g/mol. The smallest absolute Gasteiger partial charge is 0.247 e. The Morgan fingerprint density at radius 1 is 1.09 bits per heavy atom. The lowest BCUT2D eigenvalue weighted by molar-refractivity contribution is -0.111. The van der Waals surface area contributed by atoms with E-state index in [0.29, 0.717) is 11.4 Å². The Hall–Kier alpha value is -4.97. The van der Waals surface area contributed by atoms with Gasteiger partial charge in [0, 0.05) is 55.7 Å². The van der Waals surface area contributed by atoms with Crippen LogP contribution in [0.25, 0.3) is 11.0 Å². The van der Waals surface area contributed by atoms with E-state index >= 15 is 0 Å². The van der Waals surface area contributed by atoms with Crippen molar-refractivity contribution in [3.05, 3.63) is 83.4 Å². The van der Waals surface area contributed by atoms with Gasteiger partial charge in [-0.05, 0) is 36.4 Å². The van der Waals surface area contributed by atoms with Gasteiger partial charge in [-0.15, -0.1) is 0 Å². The van der Waals surface area contributed by atoms with Crippen LogP contribution in [0.3, 0.4) is 0 Å². The summed E-state index contributed by atoms with van der Waals surface area (Å²) in [6.45, 7) is 10.3. The van der Waals surface area contributed by atoms with Crippen molar-refractivity contribution in [2.45, 2.75) is 13.3 Å². The number of aromatic nitrogens is 1. The third kappa shape index (κ3) is 5.80. The molecule has 0 atom stereocenters. The molecule has 4 aromatic rings. The molecule has 1 fully saturated rings. The van der Waals surface area contributed by atoms with Crippen molar-refractivity contribution in [1.29, 1.82) is 0 Å². The van der Waals surface area contributed by atoms with Crippen LogP contribution in [0, 0.1) is 11.6 Å². The number of halogens is 2. The van der Waals surface area contributed by atoms with Gasteiger partial charge in [-0.1, -0.05) is 19.6 Å². The molecule has 44 heavy (non-hydrogen) atoms. The molecule has 2 N–H and O–H groups in total.